The maximum Gasteiger partial charge on any atom is 0.202 e. The molecule has 0 spiro atoms. The lowest BCUT2D eigenvalue weighted by Gasteiger charge is -1.97. The Bertz CT molecular complexity index is 350. The zero-order chi connectivity index (χ0) is 8.39. The van der Waals surface area contributed by atoms with E-state index in [0.717, 1.165) is 17.2 Å². The predicted octanol–water partition coefficient (Wildman–Crippen LogP) is 1.83. The molecule has 0 saturated heterocycles. The predicted molar refractivity (Wildman–Crippen MR) is 47.8 cm³/mol. The van der Waals surface area contributed by atoms with Gasteiger partial charge in [0, 0.05) is 6.54 Å². The summed E-state index contributed by atoms with van der Waals surface area (Å²) in [5, 5.41) is 9.77. The average molecular weight is 178 g/mol. The molecule has 0 fully saturated rings. The summed E-state index contributed by atoms with van der Waals surface area (Å²) >= 11 is 1.67. The molecule has 2 aromatic rings. The van der Waals surface area contributed by atoms with E-state index < -0.39 is 0 Å². The molecule has 1 radical (unpaired) electrons. The van der Waals surface area contributed by atoms with Crippen molar-refractivity contribution >= 4 is 11.3 Å². The normalized spacial score (nSPS) is 10.4. The average Bonchev–Trinajstić information content (AvgIpc) is 2.74. The Labute approximate surface area is 74.7 Å². The third kappa shape index (κ3) is 1.14. The highest BCUT2D eigenvalue weighted by atomic mass is 32.1. The highest BCUT2D eigenvalue weighted by molar-refractivity contribution is 7.13. The third-order valence-electron chi connectivity index (χ3n) is 1.62. The molecule has 0 amide bonds. The minimum Gasteiger partial charge on any atom is -0.304 e. The van der Waals surface area contributed by atoms with Crippen LogP contribution in [-0.4, -0.2) is 14.8 Å². The van der Waals surface area contributed by atoms with Crippen LogP contribution in [0.2, 0.25) is 0 Å². The van der Waals surface area contributed by atoms with Crippen molar-refractivity contribution in [1.82, 2.24) is 14.8 Å². The summed E-state index contributed by atoms with van der Waals surface area (Å²) in [6.07, 6.45) is 2.81. The Morgan fingerprint density at radius 3 is 3.25 bits per heavy atom. The van der Waals surface area contributed by atoms with Crippen molar-refractivity contribution in [2.24, 2.45) is 0 Å². The molecule has 0 saturated carbocycles. The second kappa shape index (κ2) is 3.06. The Kier molecular flexibility index (Phi) is 1.91. The second-order valence-electron chi connectivity index (χ2n) is 2.35. The minimum absolute atomic E-state index is 0.861. The van der Waals surface area contributed by atoms with Gasteiger partial charge >= 0.3 is 0 Å². The Morgan fingerprint density at radius 1 is 1.67 bits per heavy atom. The van der Waals surface area contributed by atoms with Crippen molar-refractivity contribution in [1.29, 1.82) is 0 Å². The van der Waals surface area contributed by atoms with Crippen LogP contribution in [0.1, 0.15) is 6.92 Å². The number of aromatic nitrogens is 3. The van der Waals surface area contributed by atoms with Gasteiger partial charge in [-0.15, -0.1) is 21.5 Å². The molecule has 3 nitrogen and oxygen atoms in total. The molecule has 2 rings (SSSR count). The summed E-state index contributed by atoms with van der Waals surface area (Å²) in [5.41, 5.74) is 0. The van der Waals surface area contributed by atoms with Crippen molar-refractivity contribution < 1.29 is 0 Å². The van der Waals surface area contributed by atoms with Crippen molar-refractivity contribution in [3.8, 4) is 10.7 Å². The molecule has 2 heterocycles. The van der Waals surface area contributed by atoms with Gasteiger partial charge in [0.1, 0.15) is 0 Å². The van der Waals surface area contributed by atoms with E-state index in [2.05, 4.69) is 23.4 Å². The first-order valence-corrected chi connectivity index (χ1v) is 4.64. The zero-order valence-corrected chi connectivity index (χ0v) is 7.51. The monoisotopic (exact) mass is 178 g/mol. The Balaban J connectivity index is 2.46. The molecule has 0 unspecified atom stereocenters. The van der Waals surface area contributed by atoms with Gasteiger partial charge in [-0.25, -0.2) is 0 Å². The van der Waals surface area contributed by atoms with Gasteiger partial charge in [0.25, 0.3) is 0 Å². The van der Waals surface area contributed by atoms with E-state index in [-0.39, 0.29) is 0 Å². The van der Waals surface area contributed by atoms with Crippen LogP contribution in [0.3, 0.4) is 0 Å². The fourth-order valence-electron chi connectivity index (χ4n) is 1.03. The molecular formula is C8H8N3S. The van der Waals surface area contributed by atoms with Crippen LogP contribution in [0.25, 0.3) is 10.7 Å². The van der Waals surface area contributed by atoms with E-state index in [1.807, 2.05) is 22.1 Å². The fraction of sp³-hybridized carbons (Fsp3) is 0.250. The van der Waals surface area contributed by atoms with Crippen LogP contribution in [0.5, 0.6) is 0 Å². The lowest BCUT2D eigenvalue weighted by atomic mass is 10.4. The molecular weight excluding hydrogens is 170 g/mol. The summed E-state index contributed by atoms with van der Waals surface area (Å²) in [5.74, 6) is 0.910. The molecule has 0 aliphatic carbocycles. The van der Waals surface area contributed by atoms with Crippen LogP contribution >= 0.6 is 11.3 Å². The van der Waals surface area contributed by atoms with Gasteiger partial charge in [0.05, 0.1) is 4.88 Å². The largest absolute Gasteiger partial charge is 0.304 e. The molecule has 4 heteroatoms. The number of hydrogen-bond acceptors (Lipinski definition) is 3. The van der Waals surface area contributed by atoms with E-state index in [1.165, 1.54) is 0 Å². The fourth-order valence-corrected chi connectivity index (χ4v) is 1.75. The molecule has 0 atom stereocenters. The van der Waals surface area contributed by atoms with Gasteiger partial charge in [0.2, 0.25) is 6.33 Å². The topological polar surface area (TPSA) is 30.7 Å². The van der Waals surface area contributed by atoms with Gasteiger partial charge in [0.15, 0.2) is 5.82 Å². The van der Waals surface area contributed by atoms with E-state index in [0.29, 0.717) is 0 Å². The molecule has 61 valence electrons. The van der Waals surface area contributed by atoms with Crippen LogP contribution in [0, 0.1) is 6.33 Å². The molecule has 0 aliphatic heterocycles. The first kappa shape index (κ1) is 7.49. The van der Waals surface area contributed by atoms with Gasteiger partial charge in [-0.05, 0) is 18.4 Å². The van der Waals surface area contributed by atoms with E-state index >= 15 is 0 Å². The van der Waals surface area contributed by atoms with Gasteiger partial charge in [-0.1, -0.05) is 6.07 Å². The van der Waals surface area contributed by atoms with Crippen LogP contribution in [-0.2, 0) is 6.54 Å². The number of nitrogens with zero attached hydrogens (tertiary/aromatic N) is 3. The third-order valence-corrected chi connectivity index (χ3v) is 2.49. The van der Waals surface area contributed by atoms with Crippen molar-refractivity contribution in [2.45, 2.75) is 13.5 Å². The lowest BCUT2D eigenvalue weighted by Crippen LogP contribution is -1.94. The highest BCUT2D eigenvalue weighted by Gasteiger charge is 2.05. The minimum atomic E-state index is 0.861. The number of hydrogen-bond donors (Lipinski definition) is 0. The maximum atomic E-state index is 4.00. The summed E-state index contributed by atoms with van der Waals surface area (Å²) in [6, 6.07) is 4.04. The first-order chi connectivity index (χ1) is 5.92. The molecule has 0 aliphatic rings. The summed E-state index contributed by atoms with van der Waals surface area (Å²) in [6.45, 7) is 2.91. The summed E-state index contributed by atoms with van der Waals surface area (Å²) < 4.78 is 1.91. The lowest BCUT2D eigenvalue weighted by molar-refractivity contribution is 0.762. The van der Waals surface area contributed by atoms with Gasteiger partial charge < -0.3 is 4.57 Å². The second-order valence-corrected chi connectivity index (χ2v) is 3.29. The quantitative estimate of drug-likeness (QED) is 0.702. The molecule has 0 bridgehead atoms. The van der Waals surface area contributed by atoms with E-state index in [4.69, 9.17) is 0 Å². The molecule has 0 N–H and O–H groups in total. The van der Waals surface area contributed by atoms with Crippen molar-refractivity contribution in [3.63, 3.8) is 0 Å². The van der Waals surface area contributed by atoms with Crippen LogP contribution in [0.4, 0.5) is 0 Å². The van der Waals surface area contributed by atoms with Gasteiger partial charge in [-0.2, -0.15) is 0 Å². The SMILES string of the molecule is CCn1[c]nnc1-c1cccs1. The van der Waals surface area contributed by atoms with Crippen molar-refractivity contribution in [3.05, 3.63) is 23.8 Å². The first-order valence-electron chi connectivity index (χ1n) is 3.76. The molecule has 2 aromatic heterocycles. The molecule has 0 aromatic carbocycles. The standard InChI is InChI=1S/C8H8N3S/c1-2-11-6-9-10-8(11)7-4-3-5-12-7/h3-5H,2H2,1H3. The van der Waals surface area contributed by atoms with Crippen molar-refractivity contribution in [2.75, 3.05) is 0 Å². The summed E-state index contributed by atoms with van der Waals surface area (Å²) in [7, 11) is 0. The smallest absolute Gasteiger partial charge is 0.202 e. The Hall–Kier alpha value is -1.16. The number of thiophene rings is 1. The number of aryl methyl sites for hydroxylation is 1. The van der Waals surface area contributed by atoms with Crippen LogP contribution in [0.15, 0.2) is 17.5 Å². The van der Waals surface area contributed by atoms with E-state index in [9.17, 15) is 0 Å². The van der Waals surface area contributed by atoms with Gasteiger partial charge in [-0.3, -0.25) is 0 Å². The molecule has 12 heavy (non-hydrogen) atoms. The van der Waals surface area contributed by atoms with E-state index in [1.54, 1.807) is 11.3 Å². The summed E-state index contributed by atoms with van der Waals surface area (Å²) in [4.78, 5) is 1.14. The number of rotatable bonds is 2. The highest BCUT2D eigenvalue weighted by Crippen LogP contribution is 2.21. The maximum absolute atomic E-state index is 4.00. The Morgan fingerprint density at radius 2 is 2.58 bits per heavy atom. The zero-order valence-electron chi connectivity index (χ0n) is 6.69. The van der Waals surface area contributed by atoms with Crippen LogP contribution < -0.4 is 0 Å².